The molecule has 0 aromatic heterocycles. The fourth-order valence-electron chi connectivity index (χ4n) is 2.13. The van der Waals surface area contributed by atoms with Crippen LogP contribution in [0.3, 0.4) is 0 Å². The van der Waals surface area contributed by atoms with Crippen LogP contribution in [0.15, 0.2) is 54.1 Å². The first kappa shape index (κ1) is 17.3. The van der Waals surface area contributed by atoms with Crippen molar-refractivity contribution in [3.8, 4) is 17.6 Å². The summed E-state index contributed by atoms with van der Waals surface area (Å²) < 4.78 is 10.6. The number of nitrogens with zero attached hydrogens (tertiary/aromatic N) is 1. The molecule has 2 aromatic rings. The van der Waals surface area contributed by atoms with E-state index in [0.717, 1.165) is 11.3 Å². The lowest BCUT2D eigenvalue weighted by Crippen LogP contribution is -2.05. The average molecular weight is 321 g/mol. The van der Waals surface area contributed by atoms with E-state index in [1.165, 1.54) is 0 Å². The number of methoxy groups -OCH3 is 1. The number of benzene rings is 2. The molecular formula is C20H19NO3. The highest BCUT2D eigenvalue weighted by molar-refractivity contribution is 6.14. The third-order valence-electron chi connectivity index (χ3n) is 3.28. The quantitative estimate of drug-likeness (QED) is 0.453. The van der Waals surface area contributed by atoms with Crippen molar-refractivity contribution < 1.29 is 14.3 Å². The Hall–Kier alpha value is -3.06. The molecule has 0 atom stereocenters. The summed E-state index contributed by atoms with van der Waals surface area (Å²) in [4.78, 5) is 12.4. The van der Waals surface area contributed by atoms with E-state index in [-0.39, 0.29) is 17.5 Å². The molecule has 0 aliphatic heterocycles. The lowest BCUT2D eigenvalue weighted by Gasteiger charge is -2.09. The second kappa shape index (κ2) is 7.98. The summed E-state index contributed by atoms with van der Waals surface area (Å²) in [6.45, 7) is 3.91. The van der Waals surface area contributed by atoms with Crippen LogP contribution in [0.1, 0.15) is 29.8 Å². The molecule has 2 rings (SSSR count). The molecule has 0 heterocycles. The first-order valence-electron chi connectivity index (χ1n) is 7.60. The second-order valence-corrected chi connectivity index (χ2v) is 5.46. The van der Waals surface area contributed by atoms with E-state index in [0.29, 0.717) is 11.3 Å². The molecular weight excluding hydrogens is 302 g/mol. The van der Waals surface area contributed by atoms with Crippen molar-refractivity contribution in [3.63, 3.8) is 0 Å². The number of ether oxygens (including phenoxy) is 2. The van der Waals surface area contributed by atoms with Crippen molar-refractivity contribution in [1.29, 1.82) is 5.26 Å². The molecule has 0 saturated carbocycles. The van der Waals surface area contributed by atoms with Crippen molar-refractivity contribution >= 4 is 11.9 Å². The lowest BCUT2D eigenvalue weighted by atomic mass is 10.0. The Labute approximate surface area is 141 Å². The Bertz CT molecular complexity index is 766. The zero-order chi connectivity index (χ0) is 17.5. The van der Waals surface area contributed by atoms with Gasteiger partial charge in [-0.25, -0.2) is 0 Å². The molecule has 24 heavy (non-hydrogen) atoms. The molecule has 0 amide bonds. The summed E-state index contributed by atoms with van der Waals surface area (Å²) >= 11 is 0. The first-order valence-corrected chi connectivity index (χ1v) is 7.60. The molecule has 0 aliphatic rings. The Morgan fingerprint density at radius 2 is 1.62 bits per heavy atom. The Balaban J connectivity index is 2.21. The number of ketones is 1. The van der Waals surface area contributed by atoms with Gasteiger partial charge in [0.05, 0.1) is 13.2 Å². The van der Waals surface area contributed by atoms with Gasteiger partial charge in [0.2, 0.25) is 5.78 Å². The predicted molar refractivity (Wildman–Crippen MR) is 93.1 cm³/mol. The minimum atomic E-state index is -0.317. The second-order valence-electron chi connectivity index (χ2n) is 5.46. The van der Waals surface area contributed by atoms with E-state index >= 15 is 0 Å². The zero-order valence-corrected chi connectivity index (χ0v) is 13.9. The summed E-state index contributed by atoms with van der Waals surface area (Å²) in [6, 6.07) is 15.9. The molecule has 0 aliphatic carbocycles. The number of allylic oxidation sites excluding steroid dienone is 1. The van der Waals surface area contributed by atoms with Crippen molar-refractivity contribution in [2.75, 3.05) is 7.11 Å². The maximum Gasteiger partial charge on any atom is 0.203 e. The monoisotopic (exact) mass is 321 g/mol. The van der Waals surface area contributed by atoms with Crippen molar-refractivity contribution in [3.05, 3.63) is 65.2 Å². The Morgan fingerprint density at radius 1 is 1.04 bits per heavy atom. The standard InChI is InChI=1S/C20H19NO3/c1-14(2)24-19-8-4-15(5-9-19)12-17(13-21)20(22)16-6-10-18(23-3)11-7-16/h4-12,14H,1-3H3. The topological polar surface area (TPSA) is 59.3 Å². The van der Waals surface area contributed by atoms with Crippen molar-refractivity contribution in [1.82, 2.24) is 0 Å². The first-order chi connectivity index (χ1) is 11.5. The molecule has 0 unspecified atom stereocenters. The van der Waals surface area contributed by atoms with Crippen LogP contribution in [0, 0.1) is 11.3 Å². The van der Waals surface area contributed by atoms with E-state index in [1.54, 1.807) is 37.5 Å². The number of hydrogen-bond acceptors (Lipinski definition) is 4. The van der Waals surface area contributed by atoms with Crippen molar-refractivity contribution in [2.45, 2.75) is 20.0 Å². The number of hydrogen-bond donors (Lipinski definition) is 0. The molecule has 2 aromatic carbocycles. The van der Waals surface area contributed by atoms with Gasteiger partial charge >= 0.3 is 0 Å². The van der Waals surface area contributed by atoms with E-state index in [9.17, 15) is 10.1 Å². The van der Waals surface area contributed by atoms with Gasteiger partial charge < -0.3 is 9.47 Å². The van der Waals surface area contributed by atoms with Crippen LogP contribution in [0.4, 0.5) is 0 Å². The minimum absolute atomic E-state index is 0.0812. The highest BCUT2D eigenvalue weighted by Gasteiger charge is 2.12. The van der Waals surface area contributed by atoms with Crippen LogP contribution in [0.5, 0.6) is 11.5 Å². The highest BCUT2D eigenvalue weighted by Crippen LogP contribution is 2.18. The number of Topliss-reactive ketones (excluding diaryl/α,β-unsaturated/α-hetero) is 1. The fourth-order valence-corrected chi connectivity index (χ4v) is 2.13. The van der Waals surface area contributed by atoms with E-state index in [1.807, 2.05) is 44.2 Å². The lowest BCUT2D eigenvalue weighted by molar-refractivity contribution is 0.104. The minimum Gasteiger partial charge on any atom is -0.497 e. The summed E-state index contributed by atoms with van der Waals surface area (Å²) in [5.74, 6) is 1.10. The largest absolute Gasteiger partial charge is 0.497 e. The third kappa shape index (κ3) is 4.47. The van der Waals surface area contributed by atoms with Gasteiger partial charge in [-0.3, -0.25) is 4.79 Å². The van der Waals surface area contributed by atoms with Gasteiger partial charge in [-0.15, -0.1) is 0 Å². The molecule has 0 fully saturated rings. The predicted octanol–water partition coefficient (Wildman–Crippen LogP) is 4.27. The maximum absolute atomic E-state index is 12.4. The number of carbonyl (C=O) groups excluding carboxylic acids is 1. The Kier molecular flexibility index (Phi) is 5.75. The summed E-state index contributed by atoms with van der Waals surface area (Å²) in [5, 5.41) is 9.30. The summed E-state index contributed by atoms with van der Waals surface area (Å²) in [6.07, 6.45) is 1.67. The highest BCUT2D eigenvalue weighted by atomic mass is 16.5. The van der Waals surface area contributed by atoms with Gasteiger partial charge in [-0.1, -0.05) is 12.1 Å². The number of nitriles is 1. The van der Waals surface area contributed by atoms with Gasteiger partial charge in [0.25, 0.3) is 0 Å². The van der Waals surface area contributed by atoms with Crippen LogP contribution < -0.4 is 9.47 Å². The smallest absolute Gasteiger partial charge is 0.203 e. The third-order valence-corrected chi connectivity index (χ3v) is 3.28. The SMILES string of the molecule is COc1ccc(C(=O)C(C#N)=Cc2ccc(OC(C)C)cc2)cc1. The van der Waals surface area contributed by atoms with Gasteiger partial charge in [-0.2, -0.15) is 5.26 Å². The molecule has 122 valence electrons. The molecule has 0 radical (unpaired) electrons. The van der Waals surface area contributed by atoms with Gasteiger partial charge in [-0.05, 0) is 61.9 Å². The van der Waals surface area contributed by atoms with Crippen LogP contribution >= 0.6 is 0 Å². The maximum atomic E-state index is 12.4. The van der Waals surface area contributed by atoms with Crippen LogP contribution in [-0.4, -0.2) is 19.0 Å². The zero-order valence-electron chi connectivity index (χ0n) is 13.9. The molecule has 0 bridgehead atoms. The van der Waals surface area contributed by atoms with Gasteiger partial charge in [0.15, 0.2) is 0 Å². The van der Waals surface area contributed by atoms with Crippen LogP contribution in [0.2, 0.25) is 0 Å². The number of rotatable bonds is 6. The average Bonchev–Trinajstić information content (AvgIpc) is 2.60. The van der Waals surface area contributed by atoms with E-state index < -0.39 is 0 Å². The molecule has 0 N–H and O–H groups in total. The van der Waals surface area contributed by atoms with E-state index in [4.69, 9.17) is 9.47 Å². The molecule has 4 heteroatoms. The van der Waals surface area contributed by atoms with Gasteiger partial charge in [0.1, 0.15) is 23.1 Å². The summed E-state index contributed by atoms with van der Waals surface area (Å²) in [5.41, 5.74) is 1.30. The normalized spacial score (nSPS) is 11.0. The number of carbonyl (C=O) groups is 1. The summed E-state index contributed by atoms with van der Waals surface area (Å²) in [7, 11) is 1.56. The fraction of sp³-hybridized carbons (Fsp3) is 0.200. The van der Waals surface area contributed by atoms with E-state index in [2.05, 4.69) is 0 Å². The Morgan fingerprint density at radius 3 is 2.12 bits per heavy atom. The van der Waals surface area contributed by atoms with Crippen molar-refractivity contribution in [2.24, 2.45) is 0 Å². The molecule has 0 spiro atoms. The van der Waals surface area contributed by atoms with Gasteiger partial charge in [0, 0.05) is 5.56 Å². The molecule has 4 nitrogen and oxygen atoms in total. The van der Waals surface area contributed by atoms with Crippen LogP contribution in [-0.2, 0) is 0 Å². The van der Waals surface area contributed by atoms with Crippen LogP contribution in [0.25, 0.3) is 6.08 Å². The molecule has 0 saturated heterocycles.